The number of anilines is 1. The third kappa shape index (κ3) is 2.95. The van der Waals surface area contributed by atoms with Crippen molar-refractivity contribution in [2.24, 2.45) is 0 Å². The quantitative estimate of drug-likeness (QED) is 0.791. The molecule has 0 atom stereocenters. The molecule has 3 aromatic rings. The highest BCUT2D eigenvalue weighted by Crippen LogP contribution is 2.29. The molecule has 1 N–H and O–H groups in total. The molecular weight excluding hydrogens is 319 g/mol. The van der Waals surface area contributed by atoms with Gasteiger partial charge in [-0.05, 0) is 24.3 Å². The second-order valence-corrected chi connectivity index (χ2v) is 5.66. The Labute approximate surface area is 135 Å². The number of methoxy groups -OCH3 is 2. The van der Waals surface area contributed by atoms with E-state index in [9.17, 15) is 9.18 Å². The number of halogens is 1. The number of thiazole rings is 1. The van der Waals surface area contributed by atoms with E-state index in [-0.39, 0.29) is 11.4 Å². The second-order valence-electron chi connectivity index (χ2n) is 4.63. The molecule has 0 aliphatic carbocycles. The molecule has 0 saturated carbocycles. The fourth-order valence-electron chi connectivity index (χ4n) is 2.12. The maximum Gasteiger partial charge on any atom is 0.261 e. The molecule has 0 fully saturated rings. The van der Waals surface area contributed by atoms with Crippen LogP contribution in [0.5, 0.6) is 11.5 Å². The predicted molar refractivity (Wildman–Crippen MR) is 87.1 cm³/mol. The van der Waals surface area contributed by atoms with Gasteiger partial charge in [-0.1, -0.05) is 17.4 Å². The molecule has 23 heavy (non-hydrogen) atoms. The lowest BCUT2D eigenvalue weighted by Crippen LogP contribution is -2.13. The summed E-state index contributed by atoms with van der Waals surface area (Å²) in [5.74, 6) is 0.167. The lowest BCUT2D eigenvalue weighted by molar-refractivity contribution is 0.102. The molecule has 118 valence electrons. The Morgan fingerprint density at radius 1 is 1.22 bits per heavy atom. The first kappa shape index (κ1) is 15.2. The van der Waals surface area contributed by atoms with Crippen molar-refractivity contribution in [1.29, 1.82) is 0 Å². The Hall–Kier alpha value is -2.67. The van der Waals surface area contributed by atoms with Gasteiger partial charge in [0, 0.05) is 6.07 Å². The number of ether oxygens (including phenoxy) is 2. The van der Waals surface area contributed by atoms with Crippen molar-refractivity contribution in [1.82, 2.24) is 4.98 Å². The van der Waals surface area contributed by atoms with Crippen molar-refractivity contribution in [2.75, 3.05) is 19.5 Å². The monoisotopic (exact) mass is 332 g/mol. The van der Waals surface area contributed by atoms with Gasteiger partial charge < -0.3 is 9.47 Å². The van der Waals surface area contributed by atoms with Gasteiger partial charge in [-0.3, -0.25) is 10.1 Å². The summed E-state index contributed by atoms with van der Waals surface area (Å²) in [7, 11) is 3.00. The summed E-state index contributed by atoms with van der Waals surface area (Å²) in [6.45, 7) is 0. The minimum atomic E-state index is -0.415. The Balaban J connectivity index is 1.90. The van der Waals surface area contributed by atoms with Crippen LogP contribution in [0.25, 0.3) is 10.2 Å². The number of nitrogens with one attached hydrogen (secondary N) is 1. The highest BCUT2D eigenvalue weighted by molar-refractivity contribution is 7.22. The number of carbonyl (C=O) groups is 1. The zero-order chi connectivity index (χ0) is 16.4. The van der Waals surface area contributed by atoms with Crippen molar-refractivity contribution in [2.45, 2.75) is 0 Å². The summed E-state index contributed by atoms with van der Waals surface area (Å²) < 4.78 is 24.6. The molecule has 0 spiro atoms. The molecule has 7 heteroatoms. The van der Waals surface area contributed by atoms with E-state index in [0.29, 0.717) is 26.9 Å². The van der Waals surface area contributed by atoms with Crippen molar-refractivity contribution >= 4 is 32.6 Å². The molecular formula is C16H13FN2O3S. The largest absolute Gasteiger partial charge is 0.497 e. The number of nitrogens with zero attached hydrogens (tertiary/aromatic N) is 1. The van der Waals surface area contributed by atoms with Crippen molar-refractivity contribution in [3.63, 3.8) is 0 Å². The number of hydrogen-bond donors (Lipinski definition) is 1. The van der Waals surface area contributed by atoms with Crippen LogP contribution < -0.4 is 14.8 Å². The zero-order valence-corrected chi connectivity index (χ0v) is 13.2. The average Bonchev–Trinajstić information content (AvgIpc) is 2.98. The maximum atomic E-state index is 13.7. The SMILES string of the molecule is COc1ccc(C(=O)Nc2nc3c(F)cccc3s2)c(OC)c1. The molecule has 0 aliphatic heterocycles. The van der Waals surface area contributed by atoms with Gasteiger partial charge in [0.2, 0.25) is 0 Å². The number of aromatic nitrogens is 1. The molecule has 1 aromatic heterocycles. The third-order valence-corrected chi connectivity index (χ3v) is 4.18. The van der Waals surface area contributed by atoms with Crippen LogP contribution in [0.15, 0.2) is 36.4 Å². The Bertz CT molecular complexity index is 879. The van der Waals surface area contributed by atoms with Crippen LogP contribution >= 0.6 is 11.3 Å². The predicted octanol–water partition coefficient (Wildman–Crippen LogP) is 3.70. The number of fused-ring (bicyclic) bond motifs is 1. The van der Waals surface area contributed by atoms with E-state index in [4.69, 9.17) is 9.47 Å². The van der Waals surface area contributed by atoms with Crippen molar-refractivity contribution in [3.05, 3.63) is 47.8 Å². The maximum absolute atomic E-state index is 13.7. The summed E-state index contributed by atoms with van der Waals surface area (Å²) in [4.78, 5) is 16.5. The van der Waals surface area contributed by atoms with E-state index in [0.717, 1.165) is 0 Å². The van der Waals surface area contributed by atoms with Crippen LogP contribution in [0, 0.1) is 5.82 Å². The standard InChI is InChI=1S/C16H13FN2O3S/c1-21-9-6-7-10(12(8-9)22-2)15(20)19-16-18-14-11(17)4-3-5-13(14)23-16/h3-8H,1-2H3,(H,18,19,20). The molecule has 2 aromatic carbocycles. The Morgan fingerprint density at radius 3 is 2.74 bits per heavy atom. The molecule has 3 rings (SSSR count). The summed E-state index contributed by atoms with van der Waals surface area (Å²) in [5, 5.41) is 2.99. The van der Waals surface area contributed by atoms with Crippen molar-refractivity contribution < 1.29 is 18.7 Å². The van der Waals surface area contributed by atoms with E-state index in [1.54, 1.807) is 30.3 Å². The number of carbonyl (C=O) groups excluding carboxylic acids is 1. The van der Waals surface area contributed by atoms with Gasteiger partial charge in [0.25, 0.3) is 5.91 Å². The van der Waals surface area contributed by atoms with Gasteiger partial charge in [-0.15, -0.1) is 0 Å². The molecule has 1 amide bonds. The van der Waals surface area contributed by atoms with Crippen LogP contribution in [-0.2, 0) is 0 Å². The van der Waals surface area contributed by atoms with E-state index in [2.05, 4.69) is 10.3 Å². The third-order valence-electron chi connectivity index (χ3n) is 3.24. The molecule has 0 radical (unpaired) electrons. The molecule has 1 heterocycles. The van der Waals surface area contributed by atoms with Crippen LogP contribution in [0.3, 0.4) is 0 Å². The first-order valence-electron chi connectivity index (χ1n) is 6.71. The highest BCUT2D eigenvalue weighted by Gasteiger charge is 2.16. The highest BCUT2D eigenvalue weighted by atomic mass is 32.1. The first-order chi connectivity index (χ1) is 11.1. The first-order valence-corrected chi connectivity index (χ1v) is 7.52. The second kappa shape index (κ2) is 6.21. The summed E-state index contributed by atoms with van der Waals surface area (Å²) >= 11 is 1.21. The van der Waals surface area contributed by atoms with Gasteiger partial charge in [0.15, 0.2) is 5.13 Å². The number of hydrogen-bond acceptors (Lipinski definition) is 5. The van der Waals surface area contributed by atoms with Gasteiger partial charge in [-0.25, -0.2) is 9.37 Å². The topological polar surface area (TPSA) is 60.5 Å². The lowest BCUT2D eigenvalue weighted by atomic mass is 10.2. The summed E-state index contributed by atoms with van der Waals surface area (Å²) in [6, 6.07) is 9.57. The molecule has 0 unspecified atom stereocenters. The molecule has 5 nitrogen and oxygen atoms in total. The number of amides is 1. The number of para-hydroxylation sites is 1. The smallest absolute Gasteiger partial charge is 0.261 e. The van der Waals surface area contributed by atoms with Gasteiger partial charge >= 0.3 is 0 Å². The molecule has 0 bridgehead atoms. The average molecular weight is 332 g/mol. The fraction of sp³-hybridized carbons (Fsp3) is 0.125. The fourth-order valence-corrected chi connectivity index (χ4v) is 2.99. The van der Waals surface area contributed by atoms with Crippen LogP contribution in [0.1, 0.15) is 10.4 Å². The van der Waals surface area contributed by atoms with E-state index < -0.39 is 5.82 Å². The Morgan fingerprint density at radius 2 is 2.04 bits per heavy atom. The minimum absolute atomic E-state index is 0.245. The summed E-state index contributed by atoms with van der Waals surface area (Å²) in [5.41, 5.74) is 0.586. The normalized spacial score (nSPS) is 10.6. The lowest BCUT2D eigenvalue weighted by Gasteiger charge is -2.09. The van der Waals surface area contributed by atoms with Crippen LogP contribution in [0.4, 0.5) is 9.52 Å². The van der Waals surface area contributed by atoms with Gasteiger partial charge in [-0.2, -0.15) is 0 Å². The van der Waals surface area contributed by atoms with Crippen LogP contribution in [-0.4, -0.2) is 25.1 Å². The minimum Gasteiger partial charge on any atom is -0.497 e. The number of rotatable bonds is 4. The molecule has 0 aliphatic rings. The zero-order valence-electron chi connectivity index (χ0n) is 12.4. The summed E-state index contributed by atoms with van der Waals surface area (Å²) in [6.07, 6.45) is 0. The van der Waals surface area contributed by atoms with Gasteiger partial charge in [0.1, 0.15) is 22.8 Å². The van der Waals surface area contributed by atoms with E-state index >= 15 is 0 Å². The van der Waals surface area contributed by atoms with Gasteiger partial charge in [0.05, 0.1) is 24.5 Å². The van der Waals surface area contributed by atoms with Crippen LogP contribution in [0.2, 0.25) is 0 Å². The Kier molecular flexibility index (Phi) is 4.12. The van der Waals surface area contributed by atoms with Crippen molar-refractivity contribution in [3.8, 4) is 11.5 Å². The van der Waals surface area contributed by atoms with E-state index in [1.165, 1.54) is 31.6 Å². The van der Waals surface area contributed by atoms with E-state index in [1.807, 2.05) is 0 Å². The number of benzene rings is 2. The molecule has 0 saturated heterocycles.